The van der Waals surface area contributed by atoms with Gasteiger partial charge in [-0.05, 0) is 79.8 Å². The Bertz CT molecular complexity index is 3710. The predicted octanol–water partition coefficient (Wildman–Crippen LogP) is 16.4. The Balaban J connectivity index is 0.000000354. The SMILES string of the molecule is CC(=O)C=C(C)O.CN(C)c1ccnc(-c2[c-]cc(F)cc2)c1.Cc1cc[c-]c(-c2ccccn2)c1.Cc1ccnc(-c2[c-]cc(F)cc2F)c1.Oc1ccccc1-c1ccccc1.[Ir].[Ir].[Ir].[Pt].[c-]1c(-c2ccccn2)cccc1-c1ccccn1. The Kier molecular flexibility index (Phi) is 34.5. The van der Waals surface area contributed by atoms with Crippen molar-refractivity contribution < 1.29 is 110 Å². The molecule has 0 aliphatic carbocycles. The number of phenols is 1. The number of nitrogens with zero attached hydrogens (tertiary/aromatic N) is 6. The number of rotatable bonds is 8. The molecule has 11 rings (SSSR count). The Morgan fingerprint density at radius 2 is 1.03 bits per heavy atom. The molecule has 0 bridgehead atoms. The van der Waals surface area contributed by atoms with Crippen LogP contribution in [0.3, 0.4) is 0 Å². The van der Waals surface area contributed by atoms with Gasteiger partial charge in [-0.2, -0.15) is 0 Å². The first-order chi connectivity index (χ1) is 39.6. The second-order valence-electron chi connectivity index (χ2n) is 18.2. The maximum Gasteiger partial charge on any atom is 0.155 e. The van der Waals surface area contributed by atoms with E-state index in [1.165, 1.54) is 37.6 Å². The fraction of sp³-hybridized carbons (Fsp3) is 0.0857. The minimum absolute atomic E-state index is 0. The number of hydrogen-bond donors (Lipinski definition) is 2. The van der Waals surface area contributed by atoms with Crippen molar-refractivity contribution in [2.45, 2.75) is 27.7 Å². The number of benzene rings is 6. The van der Waals surface area contributed by atoms with Crippen LogP contribution in [0.5, 0.6) is 5.75 Å². The molecule has 0 aliphatic heterocycles. The molecule has 0 saturated heterocycles. The summed E-state index contributed by atoms with van der Waals surface area (Å²) >= 11 is 0. The van der Waals surface area contributed by atoms with Crippen molar-refractivity contribution in [3.05, 3.63) is 296 Å². The molecule has 11 aromatic rings. The van der Waals surface area contributed by atoms with Crippen LogP contribution in [0.15, 0.2) is 243 Å². The van der Waals surface area contributed by atoms with E-state index in [1.807, 2.05) is 178 Å². The molecule has 0 amide bonds. The summed E-state index contributed by atoms with van der Waals surface area (Å²) < 4.78 is 38.8. The minimum atomic E-state index is -0.645. The second kappa shape index (κ2) is 39.8. The second-order valence-corrected chi connectivity index (χ2v) is 18.2. The van der Waals surface area contributed by atoms with Crippen LogP contribution in [0.2, 0.25) is 0 Å². The van der Waals surface area contributed by atoms with Gasteiger partial charge in [-0.3, -0.25) is 27.9 Å². The van der Waals surface area contributed by atoms with Gasteiger partial charge in [0, 0.05) is 173 Å². The Hall–Kier alpha value is -7.69. The third kappa shape index (κ3) is 25.5. The molecule has 449 valence electrons. The molecule has 0 unspecified atom stereocenters. The average Bonchev–Trinajstić information content (AvgIpc) is 2.89. The third-order valence-corrected chi connectivity index (χ3v) is 11.3. The quantitative estimate of drug-likeness (QED) is 0.0869. The summed E-state index contributed by atoms with van der Waals surface area (Å²) in [6.45, 7) is 6.80. The molecular formula is C70H59F3Ir3N6O3Pt-4. The van der Waals surface area contributed by atoms with Gasteiger partial charge in [0.15, 0.2) is 5.78 Å². The zero-order valence-corrected chi connectivity index (χ0v) is 56.9. The van der Waals surface area contributed by atoms with Crippen molar-refractivity contribution in [3.63, 3.8) is 0 Å². The van der Waals surface area contributed by atoms with Crippen molar-refractivity contribution in [2.75, 3.05) is 19.0 Å². The van der Waals surface area contributed by atoms with Crippen LogP contribution < -0.4 is 4.90 Å². The number of ketones is 1. The normalized spacial score (nSPS) is 9.76. The number of pyridine rings is 5. The van der Waals surface area contributed by atoms with Crippen molar-refractivity contribution in [1.82, 2.24) is 24.9 Å². The van der Waals surface area contributed by atoms with Gasteiger partial charge in [0.1, 0.15) is 5.75 Å². The standard InChI is InChI=1S/C16H11N2.C13H12FN2.C12H8F2N.C12H10N.C12H10O.C5H8O2.3Ir.Pt/c1-3-10-17-15(8-1)13-6-5-7-14(12-13)16-9-2-4-11-18-16;1-16(2)12-7-8-15-13(9-12)10-3-5-11(14)6-4-10;1-8-4-5-15-12(6-8)10-3-2-9(13)7-11(10)14;1-10-5-4-6-11(9-10)12-7-2-3-8-13-12;13-12-9-5-4-8-11(12)10-6-2-1-3-7-10;1-4(6)3-5(2)7;;;;/h1-11H;3,5-9H,1-2H3;2,4-7H,1H3;2-5,7-9H,1H3;1-9,13H;3,6H,1-2H3;;;;/q4*-1;;;;;;. The predicted molar refractivity (Wildman–Crippen MR) is 322 cm³/mol. The molecule has 0 spiro atoms. The minimum Gasteiger partial charge on any atom is -0.512 e. The number of anilines is 1. The van der Waals surface area contributed by atoms with Gasteiger partial charge in [0.2, 0.25) is 0 Å². The first kappa shape index (κ1) is 74.4. The summed E-state index contributed by atoms with van der Waals surface area (Å²) in [6, 6.07) is 72.5. The number of hydrogen-bond acceptors (Lipinski definition) is 9. The molecule has 3 radical (unpaired) electrons. The van der Waals surface area contributed by atoms with E-state index in [4.69, 9.17) is 5.11 Å². The van der Waals surface area contributed by atoms with Gasteiger partial charge < -0.3 is 30.1 Å². The van der Waals surface area contributed by atoms with E-state index < -0.39 is 11.6 Å². The van der Waals surface area contributed by atoms with Crippen LogP contribution in [0, 0.1) is 55.6 Å². The third-order valence-electron chi connectivity index (χ3n) is 11.3. The van der Waals surface area contributed by atoms with Gasteiger partial charge in [-0.1, -0.05) is 132 Å². The molecule has 16 heteroatoms. The van der Waals surface area contributed by atoms with Crippen LogP contribution in [-0.2, 0) is 86.2 Å². The van der Waals surface area contributed by atoms with E-state index in [1.54, 1.807) is 49.2 Å². The summed E-state index contributed by atoms with van der Waals surface area (Å²) in [4.78, 5) is 33.2. The molecule has 0 atom stereocenters. The van der Waals surface area contributed by atoms with Crippen molar-refractivity contribution in [1.29, 1.82) is 0 Å². The number of para-hydroxylation sites is 1. The van der Waals surface area contributed by atoms with E-state index in [0.29, 0.717) is 11.4 Å². The fourth-order valence-electron chi connectivity index (χ4n) is 7.42. The maximum atomic E-state index is 13.4. The molecule has 86 heavy (non-hydrogen) atoms. The number of phenolic OH excluding ortho intramolecular Hbond substituents is 1. The topological polar surface area (TPSA) is 125 Å². The van der Waals surface area contributed by atoms with Crippen LogP contribution in [0.25, 0.3) is 67.4 Å². The summed E-state index contributed by atoms with van der Waals surface area (Å²) in [5.41, 5.74) is 13.3. The van der Waals surface area contributed by atoms with Crippen molar-refractivity contribution >= 4 is 11.5 Å². The monoisotopic (exact) mass is 1860 g/mol. The molecule has 9 nitrogen and oxygen atoms in total. The Labute approximate surface area is 557 Å². The number of carbonyl (C=O) groups is 1. The zero-order chi connectivity index (χ0) is 58.6. The Morgan fingerprint density at radius 3 is 1.53 bits per heavy atom. The van der Waals surface area contributed by atoms with Crippen LogP contribution >= 0.6 is 0 Å². The number of aliphatic hydroxyl groups is 1. The summed E-state index contributed by atoms with van der Waals surface area (Å²) in [5.74, 6) is -1.30. The summed E-state index contributed by atoms with van der Waals surface area (Å²) in [5, 5.41) is 17.9. The van der Waals surface area contributed by atoms with Gasteiger partial charge in [-0.15, -0.1) is 102 Å². The molecule has 0 aliphatic rings. The van der Waals surface area contributed by atoms with Crippen LogP contribution in [0.1, 0.15) is 25.0 Å². The smallest absolute Gasteiger partial charge is 0.155 e. The number of aliphatic hydroxyl groups excluding tert-OH is 1. The first-order valence-electron chi connectivity index (χ1n) is 25.7. The number of aromatic hydroxyl groups is 1. The van der Waals surface area contributed by atoms with E-state index in [2.05, 4.69) is 62.2 Å². The molecule has 0 saturated carbocycles. The fourth-order valence-corrected chi connectivity index (χ4v) is 7.42. The number of allylic oxidation sites excluding steroid dienone is 2. The van der Waals surface area contributed by atoms with Crippen molar-refractivity contribution in [3.8, 4) is 73.2 Å². The van der Waals surface area contributed by atoms with Crippen molar-refractivity contribution in [2.24, 2.45) is 0 Å². The van der Waals surface area contributed by atoms with Crippen LogP contribution in [-0.4, -0.2) is 55.0 Å². The number of aromatic nitrogens is 5. The molecule has 0 fully saturated rings. The maximum absolute atomic E-state index is 13.4. The number of carbonyl (C=O) groups excluding carboxylic acids is 1. The molecule has 6 aromatic carbocycles. The van der Waals surface area contributed by atoms with Gasteiger partial charge >= 0.3 is 0 Å². The number of aryl methyl sites for hydroxylation is 2. The van der Waals surface area contributed by atoms with E-state index in [-0.39, 0.29) is 104 Å². The van der Waals surface area contributed by atoms with Gasteiger partial charge in [-0.25, -0.2) is 0 Å². The summed E-state index contributed by atoms with van der Waals surface area (Å²) in [7, 11) is 3.93. The molecular weight excluding hydrogens is 1800 g/mol. The number of halogens is 3. The largest absolute Gasteiger partial charge is 0.512 e. The summed E-state index contributed by atoms with van der Waals surface area (Å²) in [6.07, 6.45) is 9.86. The zero-order valence-electron chi connectivity index (χ0n) is 47.5. The van der Waals surface area contributed by atoms with E-state index in [9.17, 15) is 23.1 Å². The van der Waals surface area contributed by atoms with Gasteiger partial charge in [0.05, 0.1) is 5.76 Å². The van der Waals surface area contributed by atoms with E-state index >= 15 is 0 Å². The van der Waals surface area contributed by atoms with Crippen LogP contribution in [0.4, 0.5) is 18.9 Å². The molecule has 5 heterocycles. The molecule has 5 aromatic heterocycles. The van der Waals surface area contributed by atoms with Gasteiger partial charge in [0.25, 0.3) is 0 Å². The van der Waals surface area contributed by atoms with E-state index in [0.717, 1.165) is 79.5 Å². The first-order valence-corrected chi connectivity index (χ1v) is 25.7. The Morgan fingerprint density at radius 1 is 0.500 bits per heavy atom. The average molecular weight is 1860 g/mol. The molecule has 2 N–H and O–H groups in total.